The quantitative estimate of drug-likeness (QED) is 0.364. The lowest BCUT2D eigenvalue weighted by molar-refractivity contribution is 0.298. The first-order valence-electron chi connectivity index (χ1n) is 8.08. The molecule has 0 aromatic carbocycles. The average molecular weight is 477 g/mol. The third kappa shape index (κ3) is 6.90. The first-order valence-corrected chi connectivity index (χ1v) is 8.89. The van der Waals surface area contributed by atoms with E-state index in [-0.39, 0.29) is 30.0 Å². The van der Waals surface area contributed by atoms with Crippen molar-refractivity contribution in [3.05, 3.63) is 34.0 Å². The normalized spacial score (nSPS) is 12.8. The second kappa shape index (κ2) is 10.7. The Balaban J connectivity index is 0.00000312. The minimum absolute atomic E-state index is 0. The van der Waals surface area contributed by atoms with Crippen LogP contribution in [0.5, 0.6) is 0 Å². The average Bonchev–Trinajstić information content (AvgIpc) is 3.13. The van der Waals surface area contributed by atoms with E-state index < -0.39 is 0 Å². The predicted molar refractivity (Wildman–Crippen MR) is 115 cm³/mol. The van der Waals surface area contributed by atoms with Gasteiger partial charge in [-0.15, -0.1) is 35.3 Å². The van der Waals surface area contributed by atoms with Crippen molar-refractivity contribution < 1.29 is 0 Å². The molecule has 0 bridgehead atoms. The molecule has 9 heteroatoms. The van der Waals surface area contributed by atoms with Crippen LogP contribution in [0.25, 0.3) is 0 Å². The lowest BCUT2D eigenvalue weighted by atomic mass is 10.1. The Labute approximate surface area is 171 Å². The maximum Gasteiger partial charge on any atom is 0.191 e. The smallest absolute Gasteiger partial charge is 0.191 e. The van der Waals surface area contributed by atoms with Crippen molar-refractivity contribution in [3.8, 4) is 0 Å². The van der Waals surface area contributed by atoms with E-state index in [2.05, 4.69) is 64.7 Å². The largest absolute Gasteiger partial charge is 0.357 e. The molecule has 0 saturated carbocycles. The molecule has 0 saturated heterocycles. The molecule has 2 heterocycles. The van der Waals surface area contributed by atoms with Crippen LogP contribution in [-0.2, 0) is 13.6 Å². The highest BCUT2D eigenvalue weighted by atomic mass is 127. The number of guanidine groups is 1. The van der Waals surface area contributed by atoms with E-state index in [9.17, 15) is 0 Å². The van der Waals surface area contributed by atoms with Crippen molar-refractivity contribution >= 4 is 41.3 Å². The van der Waals surface area contributed by atoms with Gasteiger partial charge in [-0.1, -0.05) is 0 Å². The van der Waals surface area contributed by atoms with E-state index in [1.165, 1.54) is 10.4 Å². The second-order valence-electron chi connectivity index (χ2n) is 5.87. The maximum absolute atomic E-state index is 4.63. The summed E-state index contributed by atoms with van der Waals surface area (Å²) in [5.41, 5.74) is 1.18. The van der Waals surface area contributed by atoms with Crippen LogP contribution in [0, 0.1) is 6.92 Å². The van der Waals surface area contributed by atoms with E-state index >= 15 is 0 Å². The third-order valence-corrected chi connectivity index (χ3v) is 4.48. The molecule has 0 spiro atoms. The predicted octanol–water partition coefficient (Wildman–Crippen LogP) is 2.16. The van der Waals surface area contributed by atoms with Crippen molar-refractivity contribution in [2.24, 2.45) is 12.0 Å². The fraction of sp³-hybridized carbons (Fsp3) is 0.562. The van der Waals surface area contributed by atoms with Gasteiger partial charge in [0.25, 0.3) is 0 Å². The number of nitrogens with one attached hydrogen (secondary N) is 2. The maximum atomic E-state index is 4.63. The van der Waals surface area contributed by atoms with Gasteiger partial charge in [-0.05, 0) is 27.9 Å². The molecule has 2 aromatic rings. The van der Waals surface area contributed by atoms with Crippen LogP contribution in [0.3, 0.4) is 0 Å². The summed E-state index contributed by atoms with van der Waals surface area (Å²) in [7, 11) is 6.08. The molecule has 140 valence electrons. The molecule has 0 amide bonds. The zero-order chi connectivity index (χ0) is 17.5. The molecule has 1 unspecified atom stereocenters. The fourth-order valence-electron chi connectivity index (χ4n) is 2.37. The summed E-state index contributed by atoms with van der Waals surface area (Å²) < 4.78 is 1.83. The summed E-state index contributed by atoms with van der Waals surface area (Å²) in [4.78, 5) is 12.4. The molecule has 0 aliphatic carbocycles. The lowest BCUT2D eigenvalue weighted by Gasteiger charge is -2.24. The lowest BCUT2D eigenvalue weighted by Crippen LogP contribution is -2.41. The highest BCUT2D eigenvalue weighted by molar-refractivity contribution is 14.0. The Bertz CT molecular complexity index is 665. The fourth-order valence-corrected chi connectivity index (χ4v) is 3.08. The number of hydrogen-bond donors (Lipinski definition) is 2. The van der Waals surface area contributed by atoms with Gasteiger partial charge in [-0.25, -0.2) is 9.98 Å². The summed E-state index contributed by atoms with van der Waals surface area (Å²) in [6.45, 7) is 6.29. The Kier molecular flexibility index (Phi) is 9.36. The number of nitrogens with zero attached hydrogens (tertiary/aromatic N) is 5. The van der Waals surface area contributed by atoms with Crippen LogP contribution in [0.15, 0.2) is 23.6 Å². The number of thiazole rings is 1. The second-order valence-corrected chi connectivity index (χ2v) is 7.19. The van der Waals surface area contributed by atoms with Gasteiger partial charge in [0.1, 0.15) is 5.01 Å². The number of likely N-dealkylation sites (N-methyl/N-ethyl adjacent to an activating group) is 1. The van der Waals surface area contributed by atoms with Gasteiger partial charge in [-0.3, -0.25) is 4.68 Å². The molecular weight excluding hydrogens is 449 g/mol. The molecule has 0 aliphatic heterocycles. The van der Waals surface area contributed by atoms with Crippen LogP contribution < -0.4 is 10.6 Å². The number of aromatic nitrogens is 3. The Hall–Kier alpha value is -1.20. The highest BCUT2D eigenvalue weighted by Gasteiger charge is 2.16. The molecule has 2 N–H and O–H groups in total. The van der Waals surface area contributed by atoms with Crippen LogP contribution in [0.4, 0.5) is 0 Å². The molecule has 0 radical (unpaired) electrons. The number of hydrogen-bond acceptors (Lipinski definition) is 5. The number of aryl methyl sites for hydroxylation is 2. The first-order chi connectivity index (χ1) is 11.5. The molecule has 0 fully saturated rings. The van der Waals surface area contributed by atoms with Crippen LogP contribution in [-0.4, -0.2) is 52.8 Å². The molecule has 2 rings (SSSR count). The minimum atomic E-state index is 0. The van der Waals surface area contributed by atoms with Gasteiger partial charge in [0.2, 0.25) is 0 Å². The van der Waals surface area contributed by atoms with Gasteiger partial charge < -0.3 is 15.5 Å². The van der Waals surface area contributed by atoms with Gasteiger partial charge in [0.15, 0.2) is 5.96 Å². The van der Waals surface area contributed by atoms with Crippen molar-refractivity contribution in [3.63, 3.8) is 0 Å². The van der Waals surface area contributed by atoms with E-state index in [0.29, 0.717) is 6.54 Å². The molecule has 1 atom stereocenters. The van der Waals surface area contributed by atoms with E-state index in [0.717, 1.165) is 24.1 Å². The van der Waals surface area contributed by atoms with Crippen LogP contribution >= 0.6 is 35.3 Å². The summed E-state index contributed by atoms with van der Waals surface area (Å²) in [6.07, 6.45) is 5.85. The van der Waals surface area contributed by atoms with Gasteiger partial charge in [-0.2, -0.15) is 5.10 Å². The van der Waals surface area contributed by atoms with Crippen molar-refractivity contribution in [1.29, 1.82) is 0 Å². The Morgan fingerprint density at radius 2 is 2.12 bits per heavy atom. The van der Waals surface area contributed by atoms with Crippen LogP contribution in [0.1, 0.15) is 28.4 Å². The topological polar surface area (TPSA) is 70.4 Å². The minimum Gasteiger partial charge on any atom is -0.357 e. The molecule has 2 aromatic heterocycles. The molecular formula is C16H28IN7S. The van der Waals surface area contributed by atoms with Gasteiger partial charge in [0.05, 0.1) is 18.8 Å². The summed E-state index contributed by atoms with van der Waals surface area (Å²) in [6, 6.07) is 0.227. The molecule has 25 heavy (non-hydrogen) atoms. The van der Waals surface area contributed by atoms with Gasteiger partial charge in [0, 0.05) is 43.0 Å². The molecule has 0 aliphatic rings. The first kappa shape index (κ1) is 21.8. The Morgan fingerprint density at radius 1 is 1.36 bits per heavy atom. The Morgan fingerprint density at radius 3 is 2.64 bits per heavy atom. The van der Waals surface area contributed by atoms with Gasteiger partial charge >= 0.3 is 0 Å². The van der Waals surface area contributed by atoms with Crippen molar-refractivity contribution in [2.75, 3.05) is 27.2 Å². The standard InChI is InChI=1S/C16H27N7S.HI/c1-6-17-16(20-10-15-18-7-12(2)24-15)19-9-14(22(3)4)13-8-21-23(5)11-13;/h7-8,11,14H,6,9-10H2,1-5H3,(H2,17,19,20);1H. The number of rotatable bonds is 7. The zero-order valence-corrected chi connectivity index (χ0v) is 18.6. The number of halogens is 1. The molecule has 7 nitrogen and oxygen atoms in total. The van der Waals surface area contributed by atoms with E-state index in [4.69, 9.17) is 0 Å². The highest BCUT2D eigenvalue weighted by Crippen LogP contribution is 2.16. The van der Waals surface area contributed by atoms with Crippen LogP contribution in [0.2, 0.25) is 0 Å². The third-order valence-electron chi connectivity index (χ3n) is 3.58. The van der Waals surface area contributed by atoms with Crippen molar-refractivity contribution in [2.45, 2.75) is 26.4 Å². The summed E-state index contributed by atoms with van der Waals surface area (Å²) >= 11 is 1.68. The zero-order valence-electron chi connectivity index (χ0n) is 15.5. The SMILES string of the molecule is CCNC(=NCc1ncc(C)s1)NCC(c1cnn(C)c1)N(C)C.I. The number of aliphatic imine (C=N–C) groups is 1. The van der Waals surface area contributed by atoms with E-state index in [1.807, 2.05) is 24.1 Å². The van der Waals surface area contributed by atoms with Crippen molar-refractivity contribution in [1.82, 2.24) is 30.3 Å². The summed E-state index contributed by atoms with van der Waals surface area (Å²) in [5.74, 6) is 0.807. The summed E-state index contributed by atoms with van der Waals surface area (Å²) in [5, 5.41) is 12.0. The van der Waals surface area contributed by atoms with E-state index in [1.54, 1.807) is 11.3 Å². The monoisotopic (exact) mass is 477 g/mol.